The van der Waals surface area contributed by atoms with Crippen LogP contribution in [0.5, 0.6) is 0 Å². The van der Waals surface area contributed by atoms with E-state index in [1.807, 2.05) is 0 Å². The summed E-state index contributed by atoms with van der Waals surface area (Å²) in [5.74, 6) is 0. The van der Waals surface area contributed by atoms with Gasteiger partial charge in [-0.2, -0.15) is 0 Å². The van der Waals surface area contributed by atoms with Gasteiger partial charge in [-0.1, -0.05) is 0 Å². The largest absolute Gasteiger partial charge is 0.379 e. The molecule has 1 N–H and O–H groups in total. The first-order valence-corrected chi connectivity index (χ1v) is 5.86. The fourth-order valence-electron chi connectivity index (χ4n) is 2.70. The van der Waals surface area contributed by atoms with Crippen molar-refractivity contribution in [2.45, 2.75) is 44.8 Å². The quantitative estimate of drug-likeness (QED) is 0.712. The van der Waals surface area contributed by atoms with Gasteiger partial charge in [-0.25, -0.2) is 0 Å². The molecule has 14 heavy (non-hydrogen) atoms. The molecule has 2 saturated heterocycles. The molecule has 0 radical (unpaired) electrons. The van der Waals surface area contributed by atoms with Gasteiger partial charge >= 0.3 is 0 Å². The number of hydrogen-bond acceptors (Lipinski definition) is 3. The molecule has 0 aromatic heterocycles. The lowest BCUT2D eigenvalue weighted by atomic mass is 10.0. The Hall–Kier alpha value is -0.120. The molecule has 0 spiro atoms. The lowest BCUT2D eigenvalue weighted by Gasteiger charge is -2.40. The van der Waals surface area contributed by atoms with Gasteiger partial charge in [0, 0.05) is 24.7 Å². The molecule has 2 aliphatic heterocycles. The zero-order valence-electron chi connectivity index (χ0n) is 9.33. The van der Waals surface area contributed by atoms with Crippen molar-refractivity contribution in [1.82, 2.24) is 10.2 Å². The molecule has 3 heteroatoms. The molecule has 3 nitrogen and oxygen atoms in total. The van der Waals surface area contributed by atoms with Crippen LogP contribution in [0.1, 0.15) is 26.7 Å². The smallest absolute Gasteiger partial charge is 0.0619 e. The Labute approximate surface area is 86.8 Å². The number of ether oxygens (including phenoxy) is 1. The second kappa shape index (κ2) is 4.60. The molecule has 3 atom stereocenters. The summed E-state index contributed by atoms with van der Waals surface area (Å²) in [6, 6.07) is 1.95. The molecule has 82 valence electrons. The maximum atomic E-state index is 5.46. The van der Waals surface area contributed by atoms with E-state index in [-0.39, 0.29) is 0 Å². The molecule has 2 heterocycles. The number of nitrogens with zero attached hydrogens (tertiary/aromatic N) is 1. The Kier molecular flexibility index (Phi) is 3.42. The van der Waals surface area contributed by atoms with Crippen LogP contribution in [0.15, 0.2) is 0 Å². The second-order valence-corrected chi connectivity index (χ2v) is 4.61. The van der Waals surface area contributed by atoms with Crippen molar-refractivity contribution in [2.24, 2.45) is 0 Å². The summed E-state index contributed by atoms with van der Waals surface area (Å²) in [4.78, 5) is 2.59. The van der Waals surface area contributed by atoms with Crippen LogP contribution in [0.25, 0.3) is 0 Å². The fraction of sp³-hybridized carbons (Fsp3) is 1.00. The SMILES string of the molecule is CC1COCCN1C(C)C1CCCN1. The molecule has 0 bridgehead atoms. The van der Waals surface area contributed by atoms with Gasteiger partial charge in [0.05, 0.1) is 13.2 Å². The summed E-state index contributed by atoms with van der Waals surface area (Å²) in [7, 11) is 0. The molecule has 3 unspecified atom stereocenters. The predicted octanol–water partition coefficient (Wildman–Crippen LogP) is 0.848. The maximum absolute atomic E-state index is 5.46. The molecule has 0 aliphatic carbocycles. The average Bonchev–Trinajstić information content (AvgIpc) is 2.70. The van der Waals surface area contributed by atoms with Gasteiger partial charge in [0.15, 0.2) is 0 Å². The van der Waals surface area contributed by atoms with E-state index in [1.165, 1.54) is 19.4 Å². The summed E-state index contributed by atoms with van der Waals surface area (Å²) in [6.07, 6.45) is 2.68. The van der Waals surface area contributed by atoms with Crippen LogP contribution in [0.4, 0.5) is 0 Å². The topological polar surface area (TPSA) is 24.5 Å². The number of rotatable bonds is 2. The third kappa shape index (κ3) is 2.10. The normalized spacial score (nSPS) is 37.3. The third-order valence-electron chi connectivity index (χ3n) is 3.62. The second-order valence-electron chi connectivity index (χ2n) is 4.61. The molecule has 2 aliphatic rings. The number of hydrogen-bond donors (Lipinski definition) is 1. The van der Waals surface area contributed by atoms with Gasteiger partial charge in [-0.15, -0.1) is 0 Å². The molecule has 0 amide bonds. The molecule has 0 aromatic carbocycles. The average molecular weight is 198 g/mol. The van der Waals surface area contributed by atoms with Crippen molar-refractivity contribution in [2.75, 3.05) is 26.3 Å². The van der Waals surface area contributed by atoms with Crippen molar-refractivity contribution in [3.63, 3.8) is 0 Å². The zero-order chi connectivity index (χ0) is 9.97. The van der Waals surface area contributed by atoms with E-state index in [2.05, 4.69) is 24.1 Å². The van der Waals surface area contributed by atoms with Crippen LogP contribution >= 0.6 is 0 Å². The van der Waals surface area contributed by atoms with Crippen LogP contribution in [0.3, 0.4) is 0 Å². The summed E-state index contributed by atoms with van der Waals surface area (Å²) < 4.78 is 5.46. The molecular weight excluding hydrogens is 176 g/mol. The molecule has 2 rings (SSSR count). The first-order chi connectivity index (χ1) is 6.79. The van der Waals surface area contributed by atoms with E-state index >= 15 is 0 Å². The van der Waals surface area contributed by atoms with Crippen molar-refractivity contribution in [3.8, 4) is 0 Å². The summed E-state index contributed by atoms with van der Waals surface area (Å²) >= 11 is 0. The lowest BCUT2D eigenvalue weighted by molar-refractivity contribution is -0.0244. The van der Waals surface area contributed by atoms with E-state index in [0.717, 1.165) is 19.8 Å². The first-order valence-electron chi connectivity index (χ1n) is 5.86. The predicted molar refractivity (Wildman–Crippen MR) is 57.5 cm³/mol. The zero-order valence-corrected chi connectivity index (χ0v) is 9.33. The highest BCUT2D eigenvalue weighted by molar-refractivity contribution is 4.88. The van der Waals surface area contributed by atoms with Crippen LogP contribution in [-0.4, -0.2) is 49.3 Å². The summed E-state index contributed by atoms with van der Waals surface area (Å²) in [5.41, 5.74) is 0. The van der Waals surface area contributed by atoms with E-state index in [0.29, 0.717) is 18.1 Å². The Balaban J connectivity index is 1.91. The van der Waals surface area contributed by atoms with Gasteiger partial charge in [0.2, 0.25) is 0 Å². The Morgan fingerprint density at radius 2 is 2.36 bits per heavy atom. The van der Waals surface area contributed by atoms with E-state index in [1.54, 1.807) is 0 Å². The van der Waals surface area contributed by atoms with Crippen LogP contribution < -0.4 is 5.32 Å². The summed E-state index contributed by atoms with van der Waals surface area (Å²) in [6.45, 7) is 8.72. The van der Waals surface area contributed by atoms with Crippen LogP contribution in [-0.2, 0) is 4.74 Å². The van der Waals surface area contributed by atoms with Crippen LogP contribution in [0, 0.1) is 0 Å². The monoisotopic (exact) mass is 198 g/mol. The fourth-order valence-corrected chi connectivity index (χ4v) is 2.70. The van der Waals surface area contributed by atoms with E-state index < -0.39 is 0 Å². The maximum Gasteiger partial charge on any atom is 0.0619 e. The first kappa shape index (κ1) is 10.4. The molecule has 0 aromatic rings. The van der Waals surface area contributed by atoms with Gasteiger partial charge in [-0.05, 0) is 33.2 Å². The van der Waals surface area contributed by atoms with Gasteiger partial charge < -0.3 is 10.1 Å². The number of nitrogens with one attached hydrogen (secondary N) is 1. The molecule has 0 saturated carbocycles. The van der Waals surface area contributed by atoms with Crippen molar-refractivity contribution in [1.29, 1.82) is 0 Å². The standard InChI is InChI=1S/C11H22N2O/c1-9-8-14-7-6-13(9)10(2)11-4-3-5-12-11/h9-12H,3-8H2,1-2H3. The summed E-state index contributed by atoms with van der Waals surface area (Å²) in [5, 5.41) is 3.59. The Bertz CT molecular complexity index is 180. The van der Waals surface area contributed by atoms with E-state index in [4.69, 9.17) is 4.74 Å². The van der Waals surface area contributed by atoms with E-state index in [9.17, 15) is 0 Å². The highest BCUT2D eigenvalue weighted by Crippen LogP contribution is 2.18. The minimum Gasteiger partial charge on any atom is -0.379 e. The molecular formula is C11H22N2O. The van der Waals surface area contributed by atoms with Gasteiger partial charge in [0.1, 0.15) is 0 Å². The molecule has 2 fully saturated rings. The highest BCUT2D eigenvalue weighted by atomic mass is 16.5. The lowest BCUT2D eigenvalue weighted by Crippen LogP contribution is -2.54. The van der Waals surface area contributed by atoms with Crippen LogP contribution in [0.2, 0.25) is 0 Å². The third-order valence-corrected chi connectivity index (χ3v) is 3.62. The highest BCUT2D eigenvalue weighted by Gasteiger charge is 2.30. The van der Waals surface area contributed by atoms with Gasteiger partial charge in [0.25, 0.3) is 0 Å². The van der Waals surface area contributed by atoms with Crippen molar-refractivity contribution >= 4 is 0 Å². The Morgan fingerprint density at radius 3 is 3.00 bits per heavy atom. The minimum absolute atomic E-state index is 0.584. The Morgan fingerprint density at radius 1 is 1.50 bits per heavy atom. The van der Waals surface area contributed by atoms with Crippen molar-refractivity contribution in [3.05, 3.63) is 0 Å². The minimum atomic E-state index is 0.584. The number of morpholine rings is 1. The van der Waals surface area contributed by atoms with Gasteiger partial charge in [-0.3, -0.25) is 4.90 Å². The van der Waals surface area contributed by atoms with Crippen molar-refractivity contribution < 1.29 is 4.74 Å².